The minimum Gasteiger partial charge on any atom is -0.451 e. The molecule has 0 radical (unpaired) electrons. The summed E-state index contributed by atoms with van der Waals surface area (Å²) in [5, 5.41) is 6.48. The van der Waals surface area contributed by atoms with Gasteiger partial charge < -0.3 is 4.74 Å². The predicted octanol–water partition coefficient (Wildman–Crippen LogP) is 0.541. The van der Waals surface area contributed by atoms with E-state index in [9.17, 15) is 19.2 Å². The van der Waals surface area contributed by atoms with Crippen molar-refractivity contribution in [3.05, 3.63) is 76.2 Å². The highest BCUT2D eigenvalue weighted by molar-refractivity contribution is 6.02. The first-order chi connectivity index (χ1) is 13.1. The van der Waals surface area contributed by atoms with Gasteiger partial charge in [0.05, 0.1) is 5.39 Å². The second kappa shape index (κ2) is 7.91. The Morgan fingerprint density at radius 1 is 0.926 bits per heavy atom. The topological polar surface area (TPSA) is 130 Å². The minimum atomic E-state index is -0.882. The maximum absolute atomic E-state index is 12.2. The number of hydrogen-bond donors (Lipinski definition) is 3. The number of H-pyrrole nitrogens is 1. The summed E-state index contributed by atoms with van der Waals surface area (Å²) in [6.45, 7) is -0.636. The first-order valence-electron chi connectivity index (χ1n) is 7.85. The molecule has 0 fully saturated rings. The molecule has 3 N–H and O–H groups in total. The van der Waals surface area contributed by atoms with Crippen LogP contribution in [-0.4, -0.2) is 34.6 Å². The lowest BCUT2D eigenvalue weighted by Gasteiger charge is -2.08. The third-order valence-corrected chi connectivity index (χ3v) is 3.58. The molecular formula is C18H14N4O5. The number of rotatable bonds is 4. The van der Waals surface area contributed by atoms with Crippen molar-refractivity contribution in [1.29, 1.82) is 0 Å². The van der Waals surface area contributed by atoms with E-state index in [1.54, 1.807) is 54.6 Å². The Labute approximate surface area is 152 Å². The van der Waals surface area contributed by atoms with Crippen molar-refractivity contribution in [3.63, 3.8) is 0 Å². The Morgan fingerprint density at radius 3 is 2.33 bits per heavy atom. The van der Waals surface area contributed by atoms with Crippen molar-refractivity contribution in [2.45, 2.75) is 0 Å². The van der Waals surface area contributed by atoms with Gasteiger partial charge in [-0.3, -0.25) is 25.2 Å². The van der Waals surface area contributed by atoms with E-state index in [-0.39, 0.29) is 11.1 Å². The van der Waals surface area contributed by atoms with Crippen molar-refractivity contribution in [2.75, 3.05) is 6.61 Å². The highest BCUT2D eigenvalue weighted by atomic mass is 16.5. The summed E-state index contributed by atoms with van der Waals surface area (Å²) in [4.78, 5) is 47.4. The first-order valence-corrected chi connectivity index (χ1v) is 7.85. The second-order valence-corrected chi connectivity index (χ2v) is 5.39. The molecule has 0 bridgehead atoms. The van der Waals surface area contributed by atoms with E-state index in [4.69, 9.17) is 4.74 Å². The van der Waals surface area contributed by atoms with Gasteiger partial charge in [0.2, 0.25) is 0 Å². The van der Waals surface area contributed by atoms with Crippen molar-refractivity contribution in [3.8, 4) is 0 Å². The van der Waals surface area contributed by atoms with Crippen molar-refractivity contribution in [1.82, 2.24) is 21.0 Å². The Kier molecular flexibility index (Phi) is 5.22. The van der Waals surface area contributed by atoms with Gasteiger partial charge in [-0.25, -0.2) is 9.89 Å². The van der Waals surface area contributed by atoms with Crippen LogP contribution in [0.5, 0.6) is 0 Å². The van der Waals surface area contributed by atoms with E-state index in [1.807, 2.05) is 0 Å². The molecule has 0 saturated carbocycles. The monoisotopic (exact) mass is 366 g/mol. The molecule has 3 aromatic rings. The lowest BCUT2D eigenvalue weighted by atomic mass is 10.1. The Bertz CT molecular complexity index is 1060. The van der Waals surface area contributed by atoms with E-state index in [2.05, 4.69) is 21.0 Å². The SMILES string of the molecule is O=C(COC(=O)c1n[nH]c(=O)c2ccccc12)NNC(=O)c1ccccc1. The van der Waals surface area contributed by atoms with Crippen LogP contribution in [0.2, 0.25) is 0 Å². The van der Waals surface area contributed by atoms with E-state index < -0.39 is 29.9 Å². The van der Waals surface area contributed by atoms with E-state index in [1.165, 1.54) is 0 Å². The summed E-state index contributed by atoms with van der Waals surface area (Å²) in [6, 6.07) is 14.7. The number of esters is 1. The molecule has 0 aliphatic rings. The van der Waals surface area contributed by atoms with Crippen LogP contribution in [0.1, 0.15) is 20.8 Å². The van der Waals surface area contributed by atoms with Crippen molar-refractivity contribution < 1.29 is 19.1 Å². The molecule has 136 valence electrons. The molecule has 27 heavy (non-hydrogen) atoms. The number of aromatic nitrogens is 2. The summed E-state index contributed by atoms with van der Waals surface area (Å²) in [7, 11) is 0. The van der Waals surface area contributed by atoms with Crippen LogP contribution >= 0.6 is 0 Å². The van der Waals surface area contributed by atoms with E-state index >= 15 is 0 Å². The number of ether oxygens (including phenoxy) is 1. The normalized spacial score (nSPS) is 10.2. The fraction of sp³-hybridized carbons (Fsp3) is 0.0556. The first kappa shape index (κ1) is 17.8. The van der Waals surface area contributed by atoms with Crippen LogP contribution in [-0.2, 0) is 9.53 Å². The second-order valence-electron chi connectivity index (χ2n) is 5.39. The van der Waals surface area contributed by atoms with Gasteiger partial charge in [-0.1, -0.05) is 36.4 Å². The fourth-order valence-corrected chi connectivity index (χ4v) is 2.29. The maximum Gasteiger partial charge on any atom is 0.359 e. The molecule has 1 heterocycles. The molecule has 1 aromatic heterocycles. The number of benzene rings is 2. The molecule has 2 aromatic carbocycles. The average Bonchev–Trinajstić information content (AvgIpc) is 2.71. The maximum atomic E-state index is 12.2. The molecular weight excluding hydrogens is 352 g/mol. The molecule has 2 amide bonds. The average molecular weight is 366 g/mol. The molecule has 0 unspecified atom stereocenters. The Morgan fingerprint density at radius 2 is 1.59 bits per heavy atom. The lowest BCUT2D eigenvalue weighted by Crippen LogP contribution is -2.43. The van der Waals surface area contributed by atoms with Gasteiger partial charge >= 0.3 is 5.97 Å². The van der Waals surface area contributed by atoms with Crippen LogP contribution in [0.25, 0.3) is 10.8 Å². The van der Waals surface area contributed by atoms with Gasteiger partial charge in [-0.2, -0.15) is 5.10 Å². The zero-order valence-electron chi connectivity index (χ0n) is 13.9. The summed E-state index contributed by atoms with van der Waals surface area (Å²) in [6.07, 6.45) is 0. The third-order valence-electron chi connectivity index (χ3n) is 3.58. The molecule has 9 nitrogen and oxygen atoms in total. The third kappa shape index (κ3) is 4.15. The Hall–Kier alpha value is -4.01. The zero-order valence-corrected chi connectivity index (χ0v) is 13.9. The molecule has 9 heteroatoms. The highest BCUT2D eigenvalue weighted by Gasteiger charge is 2.17. The summed E-state index contributed by atoms with van der Waals surface area (Å²) in [5.74, 6) is -2.13. The summed E-state index contributed by atoms with van der Waals surface area (Å²) < 4.78 is 4.89. The van der Waals surface area contributed by atoms with Crippen LogP contribution in [0, 0.1) is 0 Å². The predicted molar refractivity (Wildman–Crippen MR) is 94.7 cm³/mol. The molecule has 0 spiro atoms. The quantitative estimate of drug-likeness (QED) is 0.456. The summed E-state index contributed by atoms with van der Waals surface area (Å²) in [5.41, 5.74) is 4.15. The van der Waals surface area contributed by atoms with Gasteiger partial charge in [0.15, 0.2) is 12.3 Å². The standard InChI is InChI=1S/C18H14N4O5/c23-14(19-21-16(24)11-6-2-1-3-7-11)10-27-18(26)15-12-8-4-5-9-13(12)17(25)22-20-15/h1-9H,10H2,(H,19,23)(H,21,24)(H,22,25). The highest BCUT2D eigenvalue weighted by Crippen LogP contribution is 2.13. The van der Waals surface area contributed by atoms with Gasteiger partial charge in [0.1, 0.15) is 0 Å². The van der Waals surface area contributed by atoms with Crippen LogP contribution in [0.15, 0.2) is 59.4 Å². The van der Waals surface area contributed by atoms with E-state index in [0.29, 0.717) is 10.9 Å². The van der Waals surface area contributed by atoms with Crippen LogP contribution in [0.3, 0.4) is 0 Å². The zero-order chi connectivity index (χ0) is 19.2. The largest absolute Gasteiger partial charge is 0.451 e. The number of hydrazine groups is 1. The number of nitrogens with zero attached hydrogens (tertiary/aromatic N) is 1. The van der Waals surface area contributed by atoms with Crippen molar-refractivity contribution in [2.24, 2.45) is 0 Å². The number of nitrogens with one attached hydrogen (secondary N) is 3. The number of carbonyl (C=O) groups excluding carboxylic acids is 3. The number of fused-ring (bicyclic) bond motifs is 1. The molecule has 0 saturated heterocycles. The van der Waals surface area contributed by atoms with Crippen LogP contribution in [0.4, 0.5) is 0 Å². The molecule has 0 atom stereocenters. The Balaban J connectivity index is 1.58. The molecule has 0 aliphatic heterocycles. The fourth-order valence-electron chi connectivity index (χ4n) is 2.29. The van der Waals surface area contributed by atoms with Gasteiger partial charge in [0.25, 0.3) is 17.4 Å². The smallest absolute Gasteiger partial charge is 0.359 e. The van der Waals surface area contributed by atoms with E-state index in [0.717, 1.165) is 0 Å². The minimum absolute atomic E-state index is 0.119. The number of amides is 2. The van der Waals surface area contributed by atoms with Gasteiger partial charge in [0, 0.05) is 10.9 Å². The lowest BCUT2D eigenvalue weighted by molar-refractivity contribution is -0.125. The van der Waals surface area contributed by atoms with Gasteiger partial charge in [-0.05, 0) is 18.2 Å². The molecule has 0 aliphatic carbocycles. The van der Waals surface area contributed by atoms with Crippen LogP contribution < -0.4 is 16.4 Å². The number of carbonyl (C=O) groups is 3. The number of aromatic amines is 1. The van der Waals surface area contributed by atoms with Gasteiger partial charge in [-0.15, -0.1) is 0 Å². The number of hydrogen-bond acceptors (Lipinski definition) is 6. The summed E-state index contributed by atoms with van der Waals surface area (Å²) >= 11 is 0. The molecule has 3 rings (SSSR count). The van der Waals surface area contributed by atoms with Crippen molar-refractivity contribution >= 4 is 28.6 Å².